The molecule has 0 spiro atoms. The van der Waals surface area contributed by atoms with Crippen LogP contribution in [0.4, 0.5) is 11.4 Å². The lowest BCUT2D eigenvalue weighted by Crippen LogP contribution is -2.55. The standard InChI is InChI=1S/C32H32Cl2N6O2S/c1-4-32(2,38-29(41)16-25-18-36-21-39(25)19-23-10-8-22(17-35)9-11-23)20-40(28-7-5-6-27(33)30(28)34)31(43)37-24-12-14-26(42-3)15-13-24/h5-15,18,21H,4,16,19-20H2,1-3H3,(H,37,43)(H,38,41). The summed E-state index contributed by atoms with van der Waals surface area (Å²) in [6, 6.07) is 22.2. The number of amides is 1. The van der Waals surface area contributed by atoms with E-state index in [1.54, 1.807) is 37.8 Å². The van der Waals surface area contributed by atoms with Crippen LogP contribution >= 0.6 is 35.4 Å². The van der Waals surface area contributed by atoms with Crippen LogP contribution < -0.4 is 20.3 Å². The summed E-state index contributed by atoms with van der Waals surface area (Å²) < 4.78 is 7.19. The van der Waals surface area contributed by atoms with Crippen LogP contribution in [0.1, 0.15) is 37.1 Å². The molecule has 1 amide bonds. The number of rotatable bonds is 11. The predicted octanol–water partition coefficient (Wildman–Crippen LogP) is 6.85. The van der Waals surface area contributed by atoms with E-state index in [0.29, 0.717) is 45.9 Å². The van der Waals surface area contributed by atoms with Gasteiger partial charge in [0, 0.05) is 30.7 Å². The van der Waals surface area contributed by atoms with Gasteiger partial charge in [-0.2, -0.15) is 5.26 Å². The second-order valence-electron chi connectivity index (χ2n) is 10.3. The van der Waals surface area contributed by atoms with Crippen molar-refractivity contribution in [2.45, 2.75) is 38.8 Å². The molecular formula is C32H32Cl2N6O2S. The zero-order valence-corrected chi connectivity index (χ0v) is 26.4. The van der Waals surface area contributed by atoms with E-state index in [1.807, 2.05) is 71.8 Å². The minimum absolute atomic E-state index is 0.137. The molecule has 2 N–H and O–H groups in total. The van der Waals surface area contributed by atoms with Crippen molar-refractivity contribution in [3.05, 3.63) is 106 Å². The summed E-state index contributed by atoms with van der Waals surface area (Å²) in [5, 5.41) is 16.7. The molecule has 1 unspecified atom stereocenters. The van der Waals surface area contributed by atoms with Crippen molar-refractivity contribution < 1.29 is 9.53 Å². The summed E-state index contributed by atoms with van der Waals surface area (Å²) in [6.07, 6.45) is 4.14. The maximum atomic E-state index is 13.4. The molecule has 1 atom stereocenters. The minimum Gasteiger partial charge on any atom is -0.497 e. The molecule has 0 bridgehead atoms. The molecule has 1 aromatic heterocycles. The number of nitriles is 1. The molecule has 0 radical (unpaired) electrons. The first-order valence-electron chi connectivity index (χ1n) is 13.6. The molecule has 0 aliphatic carbocycles. The van der Waals surface area contributed by atoms with Gasteiger partial charge in [-0.25, -0.2) is 4.98 Å². The van der Waals surface area contributed by atoms with Gasteiger partial charge >= 0.3 is 0 Å². The van der Waals surface area contributed by atoms with E-state index in [1.165, 1.54) is 0 Å². The molecule has 3 aromatic carbocycles. The minimum atomic E-state index is -0.688. The first-order valence-corrected chi connectivity index (χ1v) is 14.8. The first-order chi connectivity index (χ1) is 20.6. The number of benzene rings is 3. The normalized spacial score (nSPS) is 12.1. The summed E-state index contributed by atoms with van der Waals surface area (Å²) in [5.41, 5.74) is 3.07. The highest BCUT2D eigenvalue weighted by Gasteiger charge is 2.31. The van der Waals surface area contributed by atoms with Crippen LogP contribution in [-0.4, -0.2) is 39.8 Å². The lowest BCUT2D eigenvalue weighted by atomic mass is 9.97. The molecule has 0 aliphatic rings. The lowest BCUT2D eigenvalue weighted by Gasteiger charge is -2.37. The highest BCUT2D eigenvalue weighted by atomic mass is 35.5. The van der Waals surface area contributed by atoms with Crippen LogP contribution in [0.5, 0.6) is 5.75 Å². The van der Waals surface area contributed by atoms with Crippen molar-refractivity contribution in [1.29, 1.82) is 5.26 Å². The van der Waals surface area contributed by atoms with Gasteiger partial charge in [0.05, 0.1) is 52.8 Å². The number of hydrogen-bond acceptors (Lipinski definition) is 5. The Hall–Kier alpha value is -4.10. The SMILES string of the molecule is CCC(C)(CN(C(=S)Nc1ccc(OC)cc1)c1cccc(Cl)c1Cl)NC(=O)Cc1cncn1Cc1ccc(C#N)cc1. The fraction of sp³-hybridized carbons (Fsp3) is 0.250. The Kier molecular flexibility index (Phi) is 10.6. The number of thiocarbonyl (C=S) groups is 1. The van der Waals surface area contributed by atoms with Gasteiger partial charge in [-0.15, -0.1) is 0 Å². The largest absolute Gasteiger partial charge is 0.497 e. The van der Waals surface area contributed by atoms with Gasteiger partial charge in [-0.05, 0) is 79.7 Å². The van der Waals surface area contributed by atoms with Crippen molar-refractivity contribution in [1.82, 2.24) is 14.9 Å². The van der Waals surface area contributed by atoms with E-state index in [9.17, 15) is 4.79 Å². The summed E-state index contributed by atoms with van der Waals surface area (Å²) in [7, 11) is 1.61. The molecule has 1 heterocycles. The molecule has 11 heteroatoms. The average Bonchev–Trinajstić information content (AvgIpc) is 3.44. The van der Waals surface area contributed by atoms with Crippen LogP contribution in [-0.2, 0) is 17.8 Å². The first kappa shape index (κ1) is 31.8. The highest BCUT2D eigenvalue weighted by molar-refractivity contribution is 7.80. The fourth-order valence-corrected chi connectivity index (χ4v) is 5.16. The van der Waals surface area contributed by atoms with Gasteiger partial charge in [0.15, 0.2) is 5.11 Å². The van der Waals surface area contributed by atoms with Crippen molar-refractivity contribution in [3.8, 4) is 11.8 Å². The molecule has 0 saturated carbocycles. The fourth-order valence-electron chi connectivity index (χ4n) is 4.49. The molecular weight excluding hydrogens is 603 g/mol. The Morgan fingerprint density at radius 2 is 1.86 bits per heavy atom. The molecule has 0 aliphatic heterocycles. The number of nitrogens with zero attached hydrogens (tertiary/aromatic N) is 4. The Morgan fingerprint density at radius 1 is 1.14 bits per heavy atom. The number of methoxy groups -OCH3 is 1. The molecule has 8 nitrogen and oxygen atoms in total. The third-order valence-electron chi connectivity index (χ3n) is 7.11. The zero-order valence-electron chi connectivity index (χ0n) is 24.1. The summed E-state index contributed by atoms with van der Waals surface area (Å²) >= 11 is 18.9. The Morgan fingerprint density at radius 3 is 2.51 bits per heavy atom. The molecule has 4 rings (SSSR count). The molecule has 222 valence electrons. The number of carbonyl (C=O) groups excluding carboxylic acids is 1. The van der Waals surface area contributed by atoms with Crippen LogP contribution in [0, 0.1) is 11.3 Å². The van der Waals surface area contributed by atoms with Crippen LogP contribution in [0.2, 0.25) is 10.0 Å². The highest BCUT2D eigenvalue weighted by Crippen LogP contribution is 2.34. The van der Waals surface area contributed by atoms with Crippen molar-refractivity contribution in [2.75, 3.05) is 23.9 Å². The van der Waals surface area contributed by atoms with Gasteiger partial charge in [0.2, 0.25) is 5.91 Å². The maximum Gasteiger partial charge on any atom is 0.226 e. The van der Waals surface area contributed by atoms with Crippen LogP contribution in [0.3, 0.4) is 0 Å². The summed E-state index contributed by atoms with van der Waals surface area (Å²) in [6.45, 7) is 4.83. The zero-order chi connectivity index (χ0) is 31.0. The predicted molar refractivity (Wildman–Crippen MR) is 176 cm³/mol. The van der Waals surface area contributed by atoms with E-state index < -0.39 is 5.54 Å². The monoisotopic (exact) mass is 634 g/mol. The smallest absolute Gasteiger partial charge is 0.226 e. The second-order valence-corrected chi connectivity index (χ2v) is 11.5. The average molecular weight is 636 g/mol. The lowest BCUT2D eigenvalue weighted by molar-refractivity contribution is -0.122. The number of carbonyl (C=O) groups is 1. The van der Waals surface area contributed by atoms with E-state index in [4.69, 9.17) is 45.4 Å². The Labute approximate surface area is 267 Å². The van der Waals surface area contributed by atoms with Gasteiger partial charge in [-0.3, -0.25) is 4.79 Å². The van der Waals surface area contributed by atoms with Crippen LogP contribution in [0.15, 0.2) is 79.3 Å². The van der Waals surface area contributed by atoms with E-state index in [2.05, 4.69) is 21.7 Å². The Balaban J connectivity index is 1.52. The number of ether oxygens (including phenoxy) is 1. The van der Waals surface area contributed by atoms with E-state index >= 15 is 0 Å². The molecule has 0 saturated heterocycles. The van der Waals surface area contributed by atoms with Crippen molar-refractivity contribution in [2.24, 2.45) is 0 Å². The topological polar surface area (TPSA) is 95.2 Å². The quantitative estimate of drug-likeness (QED) is 0.174. The van der Waals surface area contributed by atoms with Gasteiger partial charge in [0.25, 0.3) is 0 Å². The summed E-state index contributed by atoms with van der Waals surface area (Å²) in [4.78, 5) is 19.5. The second kappa shape index (κ2) is 14.4. The van der Waals surface area contributed by atoms with Gasteiger partial charge in [-0.1, -0.05) is 48.3 Å². The summed E-state index contributed by atoms with van der Waals surface area (Å²) in [5.74, 6) is 0.572. The van der Waals surface area contributed by atoms with E-state index in [0.717, 1.165) is 22.7 Å². The number of imidazole rings is 1. The van der Waals surface area contributed by atoms with Gasteiger partial charge in [0.1, 0.15) is 5.75 Å². The van der Waals surface area contributed by atoms with Gasteiger partial charge < -0.3 is 24.8 Å². The number of halogens is 2. The van der Waals surface area contributed by atoms with Crippen molar-refractivity contribution in [3.63, 3.8) is 0 Å². The number of nitrogens with one attached hydrogen (secondary N) is 2. The molecule has 0 fully saturated rings. The number of hydrogen-bond donors (Lipinski definition) is 2. The third kappa shape index (κ3) is 8.26. The van der Waals surface area contributed by atoms with Crippen LogP contribution in [0.25, 0.3) is 0 Å². The number of anilines is 2. The van der Waals surface area contributed by atoms with Crippen molar-refractivity contribution >= 4 is 57.8 Å². The molecule has 4 aromatic rings. The maximum absolute atomic E-state index is 13.4. The number of aromatic nitrogens is 2. The van der Waals surface area contributed by atoms with E-state index in [-0.39, 0.29) is 12.3 Å². The molecule has 43 heavy (non-hydrogen) atoms. The Bertz CT molecular complexity index is 1620. The third-order valence-corrected chi connectivity index (χ3v) is 8.24.